The standard InChI is InChI=1S/C12H16N2O2/c1-14(10-5-6-13-8-10)12(16)9-3-2-4-11(15)7-9/h2-4,7,10,13,15H,5-6,8H2,1H3/t10-/m1/s1. The summed E-state index contributed by atoms with van der Waals surface area (Å²) in [4.78, 5) is 13.8. The van der Waals surface area contributed by atoms with Gasteiger partial charge in [0.1, 0.15) is 5.75 Å². The van der Waals surface area contributed by atoms with Crippen molar-refractivity contribution in [2.75, 3.05) is 20.1 Å². The van der Waals surface area contributed by atoms with Gasteiger partial charge in [-0.05, 0) is 31.2 Å². The number of carbonyl (C=O) groups excluding carboxylic acids is 1. The molecule has 1 fully saturated rings. The van der Waals surface area contributed by atoms with Crippen molar-refractivity contribution in [1.29, 1.82) is 0 Å². The number of rotatable bonds is 2. The first kappa shape index (κ1) is 11.0. The first-order valence-electron chi connectivity index (χ1n) is 5.45. The van der Waals surface area contributed by atoms with E-state index in [4.69, 9.17) is 0 Å². The van der Waals surface area contributed by atoms with Gasteiger partial charge < -0.3 is 15.3 Å². The highest BCUT2D eigenvalue weighted by molar-refractivity contribution is 5.94. The molecule has 1 amide bonds. The van der Waals surface area contributed by atoms with Crippen molar-refractivity contribution in [1.82, 2.24) is 10.2 Å². The first-order chi connectivity index (χ1) is 7.68. The molecule has 4 nitrogen and oxygen atoms in total. The van der Waals surface area contributed by atoms with Crippen molar-refractivity contribution >= 4 is 5.91 Å². The summed E-state index contributed by atoms with van der Waals surface area (Å²) < 4.78 is 0. The number of carbonyl (C=O) groups is 1. The van der Waals surface area contributed by atoms with Gasteiger partial charge in [-0.3, -0.25) is 4.79 Å². The molecule has 2 rings (SSSR count). The van der Waals surface area contributed by atoms with E-state index in [1.807, 2.05) is 7.05 Å². The van der Waals surface area contributed by atoms with E-state index in [0.29, 0.717) is 5.56 Å². The van der Waals surface area contributed by atoms with Gasteiger partial charge in [0.05, 0.1) is 0 Å². The Morgan fingerprint density at radius 3 is 3.00 bits per heavy atom. The summed E-state index contributed by atoms with van der Waals surface area (Å²) in [6.45, 7) is 1.81. The third-order valence-corrected chi connectivity index (χ3v) is 3.00. The van der Waals surface area contributed by atoms with Crippen LogP contribution in [-0.4, -0.2) is 42.1 Å². The van der Waals surface area contributed by atoms with Gasteiger partial charge in [0.2, 0.25) is 0 Å². The van der Waals surface area contributed by atoms with Gasteiger partial charge in [-0.25, -0.2) is 0 Å². The number of benzene rings is 1. The van der Waals surface area contributed by atoms with E-state index in [1.54, 1.807) is 23.1 Å². The summed E-state index contributed by atoms with van der Waals surface area (Å²) in [6.07, 6.45) is 0.987. The zero-order valence-corrected chi connectivity index (χ0v) is 9.31. The van der Waals surface area contributed by atoms with E-state index >= 15 is 0 Å². The molecule has 16 heavy (non-hydrogen) atoms. The van der Waals surface area contributed by atoms with Crippen molar-refractivity contribution in [2.24, 2.45) is 0 Å². The lowest BCUT2D eigenvalue weighted by molar-refractivity contribution is 0.0743. The van der Waals surface area contributed by atoms with E-state index in [1.165, 1.54) is 6.07 Å². The monoisotopic (exact) mass is 220 g/mol. The lowest BCUT2D eigenvalue weighted by Gasteiger charge is -2.23. The molecule has 2 N–H and O–H groups in total. The molecule has 0 unspecified atom stereocenters. The van der Waals surface area contributed by atoms with E-state index in [2.05, 4.69) is 5.32 Å². The maximum atomic E-state index is 12.1. The van der Waals surface area contributed by atoms with Crippen LogP contribution in [0, 0.1) is 0 Å². The first-order valence-corrected chi connectivity index (χ1v) is 5.45. The number of hydrogen-bond acceptors (Lipinski definition) is 3. The van der Waals surface area contributed by atoms with Crippen molar-refractivity contribution < 1.29 is 9.90 Å². The fourth-order valence-corrected chi connectivity index (χ4v) is 1.98. The third kappa shape index (κ3) is 2.17. The molecule has 4 heteroatoms. The number of phenolic OH excluding ortho intramolecular Hbond substituents is 1. The molecule has 1 heterocycles. The lowest BCUT2D eigenvalue weighted by atomic mass is 10.1. The van der Waals surface area contributed by atoms with Crippen LogP contribution in [0.2, 0.25) is 0 Å². The molecule has 1 aromatic carbocycles. The van der Waals surface area contributed by atoms with Crippen molar-refractivity contribution in [2.45, 2.75) is 12.5 Å². The Morgan fingerprint density at radius 2 is 2.38 bits per heavy atom. The Balaban J connectivity index is 2.12. The van der Waals surface area contributed by atoms with Gasteiger partial charge in [-0.2, -0.15) is 0 Å². The molecule has 0 aliphatic carbocycles. The quantitative estimate of drug-likeness (QED) is 0.776. The summed E-state index contributed by atoms with van der Waals surface area (Å²) in [7, 11) is 1.81. The predicted molar refractivity (Wildman–Crippen MR) is 61.5 cm³/mol. The Morgan fingerprint density at radius 1 is 1.56 bits per heavy atom. The van der Waals surface area contributed by atoms with Crippen LogP contribution < -0.4 is 5.32 Å². The highest BCUT2D eigenvalue weighted by atomic mass is 16.3. The Bertz CT molecular complexity index is 386. The van der Waals surface area contributed by atoms with Gasteiger partial charge >= 0.3 is 0 Å². The van der Waals surface area contributed by atoms with E-state index in [9.17, 15) is 9.90 Å². The molecule has 1 saturated heterocycles. The zero-order chi connectivity index (χ0) is 11.5. The largest absolute Gasteiger partial charge is 0.508 e. The molecule has 1 aliphatic rings. The van der Waals surface area contributed by atoms with Gasteiger partial charge in [-0.1, -0.05) is 6.07 Å². The number of amides is 1. The van der Waals surface area contributed by atoms with Gasteiger partial charge in [0.25, 0.3) is 5.91 Å². The fourth-order valence-electron chi connectivity index (χ4n) is 1.98. The van der Waals surface area contributed by atoms with Crippen LogP contribution in [0.25, 0.3) is 0 Å². The third-order valence-electron chi connectivity index (χ3n) is 3.00. The fraction of sp³-hybridized carbons (Fsp3) is 0.417. The second-order valence-corrected chi connectivity index (χ2v) is 4.11. The smallest absolute Gasteiger partial charge is 0.254 e. The van der Waals surface area contributed by atoms with Crippen LogP contribution in [0.5, 0.6) is 5.75 Å². The summed E-state index contributed by atoms with van der Waals surface area (Å²) in [6, 6.07) is 6.73. The van der Waals surface area contributed by atoms with Gasteiger partial charge in [0.15, 0.2) is 0 Å². The minimum absolute atomic E-state index is 0.0374. The Kier molecular flexibility index (Phi) is 3.10. The molecule has 0 bridgehead atoms. The van der Waals surface area contributed by atoms with Crippen LogP contribution >= 0.6 is 0 Å². The van der Waals surface area contributed by atoms with Crippen molar-refractivity contribution in [3.63, 3.8) is 0 Å². The van der Waals surface area contributed by atoms with Crippen molar-refractivity contribution in [3.8, 4) is 5.75 Å². The minimum atomic E-state index is -0.0374. The molecule has 1 aliphatic heterocycles. The molecule has 1 aromatic rings. The summed E-state index contributed by atoms with van der Waals surface area (Å²) in [5.41, 5.74) is 0.536. The van der Waals surface area contributed by atoms with Crippen LogP contribution in [-0.2, 0) is 0 Å². The molecular formula is C12H16N2O2. The average Bonchev–Trinajstić information content (AvgIpc) is 2.80. The van der Waals surface area contributed by atoms with E-state index in [-0.39, 0.29) is 17.7 Å². The maximum Gasteiger partial charge on any atom is 0.254 e. The molecule has 86 valence electrons. The second kappa shape index (κ2) is 4.53. The Labute approximate surface area is 94.9 Å². The topological polar surface area (TPSA) is 52.6 Å². The van der Waals surface area contributed by atoms with Gasteiger partial charge in [0, 0.05) is 25.2 Å². The van der Waals surface area contributed by atoms with Crippen LogP contribution in [0.3, 0.4) is 0 Å². The highest BCUT2D eigenvalue weighted by Crippen LogP contribution is 2.15. The van der Waals surface area contributed by atoms with Crippen molar-refractivity contribution in [3.05, 3.63) is 29.8 Å². The lowest BCUT2D eigenvalue weighted by Crippen LogP contribution is -2.38. The molecule has 0 spiro atoms. The molecule has 0 aromatic heterocycles. The number of nitrogens with zero attached hydrogens (tertiary/aromatic N) is 1. The molecule has 0 radical (unpaired) electrons. The number of hydrogen-bond donors (Lipinski definition) is 2. The normalized spacial score (nSPS) is 19.7. The number of nitrogens with one attached hydrogen (secondary N) is 1. The number of phenols is 1. The number of aromatic hydroxyl groups is 1. The number of likely N-dealkylation sites (N-methyl/N-ethyl adjacent to an activating group) is 1. The summed E-state index contributed by atoms with van der Waals surface area (Å²) in [5.74, 6) is 0.0911. The predicted octanol–water partition coefficient (Wildman–Crippen LogP) is 0.826. The molecular weight excluding hydrogens is 204 g/mol. The summed E-state index contributed by atoms with van der Waals surface area (Å²) >= 11 is 0. The van der Waals surface area contributed by atoms with Crippen LogP contribution in [0.4, 0.5) is 0 Å². The average molecular weight is 220 g/mol. The van der Waals surface area contributed by atoms with Crippen LogP contribution in [0.15, 0.2) is 24.3 Å². The van der Waals surface area contributed by atoms with Gasteiger partial charge in [-0.15, -0.1) is 0 Å². The van der Waals surface area contributed by atoms with Crippen LogP contribution in [0.1, 0.15) is 16.8 Å². The van der Waals surface area contributed by atoms with E-state index in [0.717, 1.165) is 19.5 Å². The zero-order valence-electron chi connectivity index (χ0n) is 9.31. The maximum absolute atomic E-state index is 12.1. The minimum Gasteiger partial charge on any atom is -0.508 e. The molecule has 0 saturated carbocycles. The SMILES string of the molecule is CN(C(=O)c1cccc(O)c1)[C@@H]1CCNC1. The highest BCUT2D eigenvalue weighted by Gasteiger charge is 2.23. The molecule has 1 atom stereocenters. The Hall–Kier alpha value is -1.55. The second-order valence-electron chi connectivity index (χ2n) is 4.11. The van der Waals surface area contributed by atoms with E-state index < -0.39 is 0 Å². The summed E-state index contributed by atoms with van der Waals surface area (Å²) in [5, 5.41) is 12.6.